The molecule has 0 unspecified atom stereocenters. The van der Waals surface area contributed by atoms with Crippen molar-refractivity contribution in [2.24, 2.45) is 0 Å². The molecule has 0 aliphatic rings. The first-order valence-electron chi connectivity index (χ1n) is 9.97. The molecular formula is C26H17FN2O3. The molecule has 0 saturated carbocycles. The highest BCUT2D eigenvalue weighted by Crippen LogP contribution is 2.32. The summed E-state index contributed by atoms with van der Waals surface area (Å²) in [6.45, 7) is 0. The van der Waals surface area contributed by atoms with Gasteiger partial charge in [0, 0.05) is 16.6 Å². The van der Waals surface area contributed by atoms with Crippen LogP contribution in [0, 0.1) is 5.82 Å². The fourth-order valence-corrected chi connectivity index (χ4v) is 3.60. The second-order valence-corrected chi connectivity index (χ2v) is 7.28. The Bertz CT molecular complexity index is 1490. The fraction of sp³-hybridized carbons (Fsp3) is 0. The molecule has 0 aliphatic heterocycles. The van der Waals surface area contributed by atoms with Crippen LogP contribution in [0.2, 0.25) is 0 Å². The predicted molar refractivity (Wildman–Crippen MR) is 122 cm³/mol. The number of hydrogen-bond acceptors (Lipinski definition) is 3. The minimum absolute atomic E-state index is 0.0652. The zero-order valence-electron chi connectivity index (χ0n) is 16.8. The molecule has 6 heteroatoms. The topological polar surface area (TPSA) is 71.3 Å². The molecule has 0 radical (unpaired) electrons. The van der Waals surface area contributed by atoms with E-state index in [1.54, 1.807) is 42.5 Å². The van der Waals surface area contributed by atoms with Crippen molar-refractivity contribution in [2.45, 2.75) is 0 Å². The fourth-order valence-electron chi connectivity index (χ4n) is 3.60. The lowest BCUT2D eigenvalue weighted by Crippen LogP contribution is -2.17. The van der Waals surface area contributed by atoms with E-state index in [1.807, 2.05) is 30.3 Å². The van der Waals surface area contributed by atoms with E-state index in [0.717, 1.165) is 10.8 Å². The van der Waals surface area contributed by atoms with E-state index in [0.29, 0.717) is 16.5 Å². The number of rotatable bonds is 4. The quantitative estimate of drug-likeness (QED) is 0.359. The molecule has 2 amide bonds. The van der Waals surface area contributed by atoms with Crippen molar-refractivity contribution in [1.29, 1.82) is 0 Å². The van der Waals surface area contributed by atoms with Crippen molar-refractivity contribution in [3.05, 3.63) is 108 Å². The van der Waals surface area contributed by atoms with E-state index in [2.05, 4.69) is 10.6 Å². The van der Waals surface area contributed by atoms with Crippen molar-refractivity contribution < 1.29 is 18.4 Å². The van der Waals surface area contributed by atoms with Crippen LogP contribution in [0.15, 0.2) is 95.4 Å². The Labute approximate surface area is 182 Å². The van der Waals surface area contributed by atoms with Gasteiger partial charge in [-0.25, -0.2) is 4.39 Å². The lowest BCUT2D eigenvalue weighted by atomic mass is 10.1. The van der Waals surface area contributed by atoms with Gasteiger partial charge in [-0.3, -0.25) is 9.59 Å². The van der Waals surface area contributed by atoms with Crippen LogP contribution in [0.4, 0.5) is 15.8 Å². The molecule has 5 nitrogen and oxygen atoms in total. The van der Waals surface area contributed by atoms with Crippen LogP contribution in [0.25, 0.3) is 21.7 Å². The Morgan fingerprint density at radius 2 is 1.50 bits per heavy atom. The number of para-hydroxylation sites is 1. The SMILES string of the molecule is O=C(Nc1c(C(=O)Nc2cccc(F)c2)oc2ccccc12)c1ccc2ccccc2c1. The van der Waals surface area contributed by atoms with Crippen molar-refractivity contribution in [1.82, 2.24) is 0 Å². The highest BCUT2D eigenvalue weighted by Gasteiger charge is 2.23. The van der Waals surface area contributed by atoms with Crippen molar-refractivity contribution in [2.75, 3.05) is 10.6 Å². The van der Waals surface area contributed by atoms with Gasteiger partial charge >= 0.3 is 0 Å². The lowest BCUT2D eigenvalue weighted by Gasteiger charge is -2.08. The molecule has 0 atom stereocenters. The maximum Gasteiger partial charge on any atom is 0.293 e. The molecule has 0 bridgehead atoms. The van der Waals surface area contributed by atoms with Crippen molar-refractivity contribution in [3.8, 4) is 0 Å². The van der Waals surface area contributed by atoms with Crippen molar-refractivity contribution in [3.63, 3.8) is 0 Å². The Balaban J connectivity index is 1.50. The average Bonchev–Trinajstić information content (AvgIpc) is 3.17. The highest BCUT2D eigenvalue weighted by atomic mass is 19.1. The van der Waals surface area contributed by atoms with E-state index < -0.39 is 11.7 Å². The zero-order valence-corrected chi connectivity index (χ0v) is 16.8. The molecule has 4 aromatic carbocycles. The Morgan fingerprint density at radius 1 is 0.719 bits per heavy atom. The van der Waals surface area contributed by atoms with Gasteiger partial charge in [0.1, 0.15) is 17.1 Å². The maximum absolute atomic E-state index is 13.5. The van der Waals surface area contributed by atoms with Crippen LogP contribution in [-0.4, -0.2) is 11.8 Å². The first-order chi connectivity index (χ1) is 15.6. The monoisotopic (exact) mass is 424 g/mol. The normalized spacial score (nSPS) is 10.9. The van der Waals surface area contributed by atoms with Crippen LogP contribution < -0.4 is 10.6 Å². The summed E-state index contributed by atoms with van der Waals surface area (Å²) in [7, 11) is 0. The lowest BCUT2D eigenvalue weighted by molar-refractivity contribution is 0.0999. The largest absolute Gasteiger partial charge is 0.449 e. The van der Waals surface area contributed by atoms with E-state index in [-0.39, 0.29) is 23.0 Å². The number of fused-ring (bicyclic) bond motifs is 2. The summed E-state index contributed by atoms with van der Waals surface area (Å²) in [5.74, 6) is -1.51. The number of anilines is 2. The second kappa shape index (κ2) is 8.00. The summed E-state index contributed by atoms with van der Waals surface area (Å²) < 4.78 is 19.3. The van der Waals surface area contributed by atoms with Gasteiger partial charge in [0.25, 0.3) is 11.8 Å². The molecular weight excluding hydrogens is 407 g/mol. The third-order valence-electron chi connectivity index (χ3n) is 5.13. The maximum atomic E-state index is 13.5. The number of hydrogen-bond donors (Lipinski definition) is 2. The van der Waals surface area contributed by atoms with E-state index in [1.165, 1.54) is 18.2 Å². The first kappa shape index (κ1) is 19.5. The number of benzene rings is 4. The second-order valence-electron chi connectivity index (χ2n) is 7.28. The number of carbonyl (C=O) groups is 2. The molecule has 0 fully saturated rings. The molecule has 2 N–H and O–H groups in total. The standard InChI is InChI=1S/C26H17FN2O3/c27-19-8-5-9-20(15-19)28-26(31)24-23(21-10-3-4-11-22(21)32-24)29-25(30)18-13-12-16-6-1-2-7-17(16)14-18/h1-15H,(H,28,31)(H,29,30). The molecule has 0 saturated heterocycles. The molecule has 0 aliphatic carbocycles. The van der Waals surface area contributed by atoms with Gasteiger partial charge in [-0.05, 0) is 53.2 Å². The van der Waals surface area contributed by atoms with Crippen molar-refractivity contribution >= 4 is 44.9 Å². The van der Waals surface area contributed by atoms with Gasteiger partial charge in [0.15, 0.2) is 0 Å². The van der Waals surface area contributed by atoms with Crippen LogP contribution in [0.1, 0.15) is 20.9 Å². The van der Waals surface area contributed by atoms with Crippen LogP contribution in [-0.2, 0) is 0 Å². The molecule has 32 heavy (non-hydrogen) atoms. The average molecular weight is 424 g/mol. The number of furan rings is 1. The smallest absolute Gasteiger partial charge is 0.293 e. The van der Waals surface area contributed by atoms with Gasteiger partial charge in [-0.1, -0.05) is 48.5 Å². The minimum Gasteiger partial charge on any atom is -0.449 e. The Kier molecular flexibility index (Phi) is 4.88. The van der Waals surface area contributed by atoms with Crippen LogP contribution >= 0.6 is 0 Å². The van der Waals surface area contributed by atoms with Gasteiger partial charge in [-0.2, -0.15) is 0 Å². The summed E-state index contributed by atoms with van der Waals surface area (Å²) in [5.41, 5.74) is 1.44. The van der Waals surface area contributed by atoms with Crippen LogP contribution in [0.3, 0.4) is 0 Å². The molecule has 1 aromatic heterocycles. The molecule has 156 valence electrons. The van der Waals surface area contributed by atoms with Gasteiger partial charge in [0.2, 0.25) is 5.76 Å². The third-order valence-corrected chi connectivity index (χ3v) is 5.13. The summed E-state index contributed by atoms with van der Waals surface area (Å²) in [6.07, 6.45) is 0. The number of amides is 2. The molecule has 1 heterocycles. The summed E-state index contributed by atoms with van der Waals surface area (Å²) in [4.78, 5) is 26.0. The van der Waals surface area contributed by atoms with E-state index >= 15 is 0 Å². The van der Waals surface area contributed by atoms with E-state index in [9.17, 15) is 14.0 Å². The Morgan fingerprint density at radius 3 is 2.34 bits per heavy atom. The molecule has 5 aromatic rings. The predicted octanol–water partition coefficient (Wildman–Crippen LogP) is 6.23. The zero-order chi connectivity index (χ0) is 22.1. The van der Waals surface area contributed by atoms with Gasteiger partial charge < -0.3 is 15.1 Å². The van der Waals surface area contributed by atoms with Gasteiger partial charge in [0.05, 0.1) is 0 Å². The summed E-state index contributed by atoms with van der Waals surface area (Å²) in [5, 5.41) is 7.98. The first-order valence-corrected chi connectivity index (χ1v) is 9.97. The van der Waals surface area contributed by atoms with Gasteiger partial charge in [-0.15, -0.1) is 0 Å². The minimum atomic E-state index is -0.597. The third kappa shape index (κ3) is 3.70. The highest BCUT2D eigenvalue weighted by molar-refractivity contribution is 6.17. The summed E-state index contributed by atoms with van der Waals surface area (Å²) in [6, 6.07) is 25.7. The number of carbonyl (C=O) groups excluding carboxylic acids is 2. The molecule has 5 rings (SSSR count). The van der Waals surface area contributed by atoms with Crippen LogP contribution in [0.5, 0.6) is 0 Å². The Hall–Kier alpha value is -4.45. The molecule has 0 spiro atoms. The number of nitrogens with one attached hydrogen (secondary N) is 2. The summed E-state index contributed by atoms with van der Waals surface area (Å²) >= 11 is 0. The number of halogens is 1. The van der Waals surface area contributed by atoms with E-state index in [4.69, 9.17) is 4.42 Å².